The van der Waals surface area contributed by atoms with E-state index in [1.807, 2.05) is 13.0 Å². The molecule has 0 aliphatic rings. The third kappa shape index (κ3) is 2.44. The van der Waals surface area contributed by atoms with Crippen LogP contribution in [0.15, 0.2) is 36.4 Å². The SMILES string of the molecule is Cc1cccc(-n2nnc(C#N)c2-c2ccc(F)c(F)c2F)c1. The molecule has 0 unspecified atom stereocenters. The Morgan fingerprint density at radius 2 is 1.87 bits per heavy atom. The molecule has 3 rings (SSSR count). The highest BCUT2D eigenvalue weighted by Gasteiger charge is 2.23. The summed E-state index contributed by atoms with van der Waals surface area (Å²) in [5.41, 5.74) is 0.934. The van der Waals surface area contributed by atoms with Crippen LogP contribution in [0.5, 0.6) is 0 Å². The predicted octanol–water partition coefficient (Wildman–Crippen LogP) is 3.53. The van der Waals surface area contributed by atoms with Crippen LogP contribution in [0, 0.1) is 35.7 Å². The summed E-state index contributed by atoms with van der Waals surface area (Å²) in [4.78, 5) is 0. The third-order valence-corrected chi connectivity index (χ3v) is 3.31. The van der Waals surface area contributed by atoms with E-state index in [9.17, 15) is 13.2 Å². The number of nitriles is 1. The lowest BCUT2D eigenvalue weighted by atomic mass is 10.1. The second-order valence-corrected chi connectivity index (χ2v) is 4.87. The molecule has 0 fully saturated rings. The van der Waals surface area contributed by atoms with Crippen LogP contribution in [0.25, 0.3) is 16.9 Å². The Hall–Kier alpha value is -3.14. The summed E-state index contributed by atoms with van der Waals surface area (Å²) >= 11 is 0. The fourth-order valence-corrected chi connectivity index (χ4v) is 2.25. The van der Waals surface area contributed by atoms with Gasteiger partial charge in [0.05, 0.1) is 5.69 Å². The average Bonchev–Trinajstić information content (AvgIpc) is 2.96. The van der Waals surface area contributed by atoms with Gasteiger partial charge in [0.25, 0.3) is 0 Å². The first-order valence-corrected chi connectivity index (χ1v) is 6.59. The van der Waals surface area contributed by atoms with Crippen molar-refractivity contribution in [3.63, 3.8) is 0 Å². The van der Waals surface area contributed by atoms with E-state index in [0.29, 0.717) is 5.69 Å². The van der Waals surface area contributed by atoms with E-state index in [1.54, 1.807) is 24.3 Å². The zero-order valence-corrected chi connectivity index (χ0v) is 11.9. The largest absolute Gasteiger partial charge is 0.211 e. The number of nitrogens with zero attached hydrogens (tertiary/aromatic N) is 4. The van der Waals surface area contributed by atoms with E-state index in [1.165, 1.54) is 4.68 Å². The number of aromatic nitrogens is 3. The predicted molar refractivity (Wildman–Crippen MR) is 76.1 cm³/mol. The molecule has 0 radical (unpaired) electrons. The Balaban J connectivity index is 2.30. The molecule has 114 valence electrons. The summed E-state index contributed by atoms with van der Waals surface area (Å²) in [5.74, 6) is -4.31. The van der Waals surface area contributed by atoms with Crippen molar-refractivity contribution in [1.29, 1.82) is 5.26 Å². The minimum Gasteiger partial charge on any atom is -0.211 e. The summed E-state index contributed by atoms with van der Waals surface area (Å²) in [6, 6.07) is 10.7. The molecule has 3 aromatic rings. The van der Waals surface area contributed by atoms with Crippen molar-refractivity contribution in [3.8, 4) is 23.0 Å². The molecule has 1 aromatic heterocycles. The van der Waals surface area contributed by atoms with Crippen molar-refractivity contribution in [1.82, 2.24) is 15.0 Å². The van der Waals surface area contributed by atoms with Gasteiger partial charge in [0.1, 0.15) is 11.8 Å². The van der Waals surface area contributed by atoms with Gasteiger partial charge in [-0.25, -0.2) is 17.9 Å². The topological polar surface area (TPSA) is 54.5 Å². The van der Waals surface area contributed by atoms with E-state index in [2.05, 4.69) is 10.3 Å². The Kier molecular flexibility index (Phi) is 3.58. The van der Waals surface area contributed by atoms with Crippen molar-refractivity contribution < 1.29 is 13.2 Å². The number of aryl methyl sites for hydroxylation is 1. The van der Waals surface area contributed by atoms with Crippen LogP contribution >= 0.6 is 0 Å². The highest BCUT2D eigenvalue weighted by molar-refractivity contribution is 5.67. The normalized spacial score (nSPS) is 10.6. The zero-order chi connectivity index (χ0) is 16.6. The van der Waals surface area contributed by atoms with Crippen molar-refractivity contribution in [2.24, 2.45) is 0 Å². The first-order chi connectivity index (χ1) is 11.0. The molecule has 0 saturated carbocycles. The summed E-state index contributed by atoms with van der Waals surface area (Å²) in [6.45, 7) is 1.85. The van der Waals surface area contributed by atoms with Crippen molar-refractivity contribution >= 4 is 0 Å². The minimum absolute atomic E-state index is 0.0329. The lowest BCUT2D eigenvalue weighted by Gasteiger charge is -2.09. The maximum atomic E-state index is 14.1. The van der Waals surface area contributed by atoms with Crippen molar-refractivity contribution in [2.75, 3.05) is 0 Å². The molecule has 1 heterocycles. The van der Waals surface area contributed by atoms with Crippen LogP contribution in [0.2, 0.25) is 0 Å². The van der Waals surface area contributed by atoms with E-state index in [-0.39, 0.29) is 17.0 Å². The van der Waals surface area contributed by atoms with E-state index in [4.69, 9.17) is 5.26 Å². The van der Waals surface area contributed by atoms with Gasteiger partial charge in [-0.05, 0) is 36.8 Å². The van der Waals surface area contributed by atoms with Gasteiger partial charge in [-0.1, -0.05) is 17.3 Å². The minimum atomic E-state index is -1.61. The number of hydrogen-bond donors (Lipinski definition) is 0. The fraction of sp³-hybridized carbons (Fsp3) is 0.0625. The van der Waals surface area contributed by atoms with Gasteiger partial charge >= 0.3 is 0 Å². The molecule has 2 aromatic carbocycles. The molecule has 0 aliphatic carbocycles. The molecule has 0 saturated heterocycles. The number of hydrogen-bond acceptors (Lipinski definition) is 3. The molecule has 0 bridgehead atoms. The van der Waals surface area contributed by atoms with Crippen molar-refractivity contribution in [2.45, 2.75) is 6.92 Å². The summed E-state index contributed by atoms with van der Waals surface area (Å²) in [7, 11) is 0. The number of rotatable bonds is 2. The van der Waals surface area contributed by atoms with Crippen LogP contribution in [-0.2, 0) is 0 Å². The van der Waals surface area contributed by atoms with E-state index >= 15 is 0 Å². The number of benzene rings is 2. The van der Waals surface area contributed by atoms with Crippen LogP contribution in [0.3, 0.4) is 0 Å². The van der Waals surface area contributed by atoms with Crippen LogP contribution in [0.4, 0.5) is 13.2 Å². The highest BCUT2D eigenvalue weighted by Crippen LogP contribution is 2.29. The Labute approximate surface area is 129 Å². The molecular formula is C16H9F3N4. The zero-order valence-electron chi connectivity index (χ0n) is 11.9. The van der Waals surface area contributed by atoms with Crippen molar-refractivity contribution in [3.05, 3.63) is 65.1 Å². The smallest absolute Gasteiger partial charge is 0.195 e. The monoisotopic (exact) mass is 314 g/mol. The second-order valence-electron chi connectivity index (χ2n) is 4.87. The van der Waals surface area contributed by atoms with Gasteiger partial charge < -0.3 is 0 Å². The molecule has 4 nitrogen and oxygen atoms in total. The molecule has 0 N–H and O–H groups in total. The molecule has 0 spiro atoms. The van der Waals surface area contributed by atoms with E-state index < -0.39 is 17.5 Å². The second kappa shape index (κ2) is 5.57. The third-order valence-electron chi connectivity index (χ3n) is 3.31. The maximum absolute atomic E-state index is 14.1. The Morgan fingerprint density at radius 1 is 1.09 bits per heavy atom. The molecule has 0 amide bonds. The quantitative estimate of drug-likeness (QED) is 0.680. The maximum Gasteiger partial charge on any atom is 0.195 e. The Bertz CT molecular complexity index is 941. The molecule has 23 heavy (non-hydrogen) atoms. The fourth-order valence-electron chi connectivity index (χ4n) is 2.25. The van der Waals surface area contributed by atoms with Gasteiger partial charge in [0.2, 0.25) is 0 Å². The van der Waals surface area contributed by atoms with Crippen LogP contribution in [0.1, 0.15) is 11.3 Å². The standard InChI is InChI=1S/C16H9F3N4/c1-9-3-2-4-10(7-9)23-16(13(8-20)21-22-23)11-5-6-12(17)15(19)14(11)18/h2-7H,1H3. The Morgan fingerprint density at radius 3 is 2.57 bits per heavy atom. The van der Waals surface area contributed by atoms with Gasteiger partial charge in [0, 0.05) is 5.56 Å². The first kappa shape index (κ1) is 14.8. The lowest BCUT2D eigenvalue weighted by Crippen LogP contribution is -2.03. The van der Waals surface area contributed by atoms with Crippen LogP contribution < -0.4 is 0 Å². The molecule has 0 aliphatic heterocycles. The summed E-state index contributed by atoms with van der Waals surface area (Å²) < 4.78 is 42.0. The lowest BCUT2D eigenvalue weighted by molar-refractivity contribution is 0.448. The van der Waals surface area contributed by atoms with Gasteiger partial charge in [-0.2, -0.15) is 5.26 Å². The molecule has 7 heteroatoms. The summed E-state index contributed by atoms with van der Waals surface area (Å²) in [6.07, 6.45) is 0. The molecule has 0 atom stereocenters. The van der Waals surface area contributed by atoms with Gasteiger partial charge in [0.15, 0.2) is 23.1 Å². The number of halogens is 3. The van der Waals surface area contributed by atoms with Gasteiger partial charge in [-0.15, -0.1) is 5.10 Å². The van der Waals surface area contributed by atoms with Gasteiger partial charge in [-0.3, -0.25) is 0 Å². The van der Waals surface area contributed by atoms with Crippen LogP contribution in [-0.4, -0.2) is 15.0 Å². The summed E-state index contributed by atoms with van der Waals surface area (Å²) in [5, 5.41) is 16.7. The average molecular weight is 314 g/mol. The first-order valence-electron chi connectivity index (χ1n) is 6.59. The van der Waals surface area contributed by atoms with E-state index in [0.717, 1.165) is 17.7 Å². The highest BCUT2D eigenvalue weighted by atomic mass is 19.2. The molecular weight excluding hydrogens is 305 g/mol.